The zero-order chi connectivity index (χ0) is 22.3. The summed E-state index contributed by atoms with van der Waals surface area (Å²) < 4.78 is 0. The number of hydrogen-bond acceptors (Lipinski definition) is 2. The topological polar surface area (TPSA) is 69.6 Å². The van der Waals surface area contributed by atoms with Crippen LogP contribution in [0.25, 0.3) is 0 Å². The van der Waals surface area contributed by atoms with Crippen LogP contribution in [0.5, 0.6) is 0 Å². The summed E-state index contributed by atoms with van der Waals surface area (Å²) in [4.78, 5) is 25.3. The lowest BCUT2D eigenvalue weighted by Crippen LogP contribution is -2.55. The summed E-state index contributed by atoms with van der Waals surface area (Å²) in [6, 6.07) is 5.92. The van der Waals surface area contributed by atoms with Crippen molar-refractivity contribution in [3.05, 3.63) is 46.1 Å². The van der Waals surface area contributed by atoms with Gasteiger partial charge in [0, 0.05) is 17.8 Å². The quantitative estimate of drug-likeness (QED) is 0.604. The minimum absolute atomic E-state index is 0.0844. The van der Waals surface area contributed by atoms with Gasteiger partial charge in [0.25, 0.3) is 0 Å². The number of hydrogen-bond donors (Lipinski definition) is 2. The predicted molar refractivity (Wildman–Crippen MR) is 119 cm³/mol. The molecule has 0 radical (unpaired) electrons. The van der Waals surface area contributed by atoms with E-state index in [1.807, 2.05) is 12.3 Å². The van der Waals surface area contributed by atoms with E-state index in [1.54, 1.807) is 0 Å². The number of amides is 2. The molecule has 1 atom stereocenters. The second-order valence-electron chi connectivity index (χ2n) is 10.5. The lowest BCUT2D eigenvalue weighted by Gasteiger charge is -2.42. The van der Waals surface area contributed by atoms with E-state index in [0.29, 0.717) is 0 Å². The molecule has 0 aromatic heterocycles. The van der Waals surface area contributed by atoms with Gasteiger partial charge in [-0.25, -0.2) is 4.79 Å². The molecule has 1 aliphatic carbocycles. The molecule has 0 bridgehead atoms. The maximum absolute atomic E-state index is 12.8. The number of carboxylic acid groups (broad SMARTS) is 1. The molecule has 5 nitrogen and oxygen atoms in total. The largest absolute Gasteiger partial charge is 0.481 e. The zero-order valence-electron chi connectivity index (χ0n) is 18.6. The van der Waals surface area contributed by atoms with Crippen molar-refractivity contribution >= 4 is 23.6 Å². The van der Waals surface area contributed by atoms with E-state index < -0.39 is 11.5 Å². The molecule has 1 aliphatic heterocycles. The molecule has 1 saturated carbocycles. The number of benzene rings is 1. The average Bonchev–Trinajstić information content (AvgIpc) is 2.89. The monoisotopic (exact) mass is 432 g/mol. The summed E-state index contributed by atoms with van der Waals surface area (Å²) in [7, 11) is 0. The Morgan fingerprint density at radius 3 is 2.57 bits per heavy atom. The van der Waals surface area contributed by atoms with Crippen molar-refractivity contribution in [2.75, 3.05) is 6.54 Å². The van der Waals surface area contributed by atoms with Crippen molar-refractivity contribution < 1.29 is 14.7 Å². The van der Waals surface area contributed by atoms with Crippen LogP contribution in [0.1, 0.15) is 71.4 Å². The van der Waals surface area contributed by atoms with Crippen LogP contribution in [0, 0.1) is 10.8 Å². The van der Waals surface area contributed by atoms with E-state index >= 15 is 0 Å². The molecule has 2 amide bonds. The fourth-order valence-corrected chi connectivity index (χ4v) is 4.79. The fourth-order valence-electron chi connectivity index (χ4n) is 4.51. The van der Waals surface area contributed by atoms with Gasteiger partial charge in [0.15, 0.2) is 0 Å². The van der Waals surface area contributed by atoms with Crippen LogP contribution in [0.4, 0.5) is 4.79 Å². The molecule has 0 saturated heterocycles. The summed E-state index contributed by atoms with van der Waals surface area (Å²) in [5, 5.41) is 12.9. The number of nitrogens with one attached hydrogen (secondary N) is 1. The van der Waals surface area contributed by atoms with Crippen molar-refractivity contribution in [1.82, 2.24) is 10.2 Å². The average molecular weight is 433 g/mol. The highest BCUT2D eigenvalue weighted by molar-refractivity contribution is 6.31. The number of aliphatic carboxylic acids is 1. The molecule has 1 fully saturated rings. The van der Waals surface area contributed by atoms with Crippen molar-refractivity contribution in [1.29, 1.82) is 0 Å². The number of nitrogens with zero attached hydrogens (tertiary/aromatic N) is 1. The third kappa shape index (κ3) is 4.51. The summed E-state index contributed by atoms with van der Waals surface area (Å²) in [6.45, 7) is 11.2. The minimum Gasteiger partial charge on any atom is -0.481 e. The van der Waals surface area contributed by atoms with Crippen LogP contribution < -0.4 is 5.32 Å². The highest BCUT2D eigenvalue weighted by atomic mass is 35.5. The minimum atomic E-state index is -0.915. The number of carboxylic acids is 1. The Labute approximate surface area is 184 Å². The maximum atomic E-state index is 12.8. The first-order valence-electron chi connectivity index (χ1n) is 10.7. The van der Waals surface area contributed by atoms with E-state index in [-0.39, 0.29) is 29.8 Å². The molecule has 2 N–H and O–H groups in total. The molecule has 1 aromatic carbocycles. The van der Waals surface area contributed by atoms with Gasteiger partial charge in [-0.05, 0) is 59.3 Å². The SMILES string of the molecule is CC(C)(C)CCc1ccc(C23CCC(C)(C)C2=CN(CCC(=O)O)C(=O)N3)cc1Cl. The first-order valence-corrected chi connectivity index (χ1v) is 11.0. The summed E-state index contributed by atoms with van der Waals surface area (Å²) >= 11 is 6.68. The van der Waals surface area contributed by atoms with Gasteiger partial charge < -0.3 is 15.3 Å². The Kier molecular flexibility index (Phi) is 5.98. The highest BCUT2D eigenvalue weighted by Gasteiger charge is 2.53. The molecule has 30 heavy (non-hydrogen) atoms. The Balaban J connectivity index is 1.95. The summed E-state index contributed by atoms with van der Waals surface area (Å²) in [5.74, 6) is -0.915. The van der Waals surface area contributed by atoms with Gasteiger partial charge in [-0.15, -0.1) is 0 Å². The smallest absolute Gasteiger partial charge is 0.322 e. The number of fused-ring (bicyclic) bond motifs is 1. The van der Waals surface area contributed by atoms with E-state index in [2.05, 4.69) is 52.1 Å². The molecular weight excluding hydrogens is 400 g/mol. The van der Waals surface area contributed by atoms with Gasteiger partial charge in [0.2, 0.25) is 0 Å². The third-order valence-corrected chi connectivity index (χ3v) is 6.79. The van der Waals surface area contributed by atoms with E-state index in [1.165, 1.54) is 4.90 Å². The number of urea groups is 1. The fraction of sp³-hybridized carbons (Fsp3) is 0.583. The molecule has 6 heteroatoms. The number of aryl methyl sites for hydroxylation is 1. The molecule has 1 unspecified atom stereocenters. The molecule has 1 aromatic rings. The van der Waals surface area contributed by atoms with Crippen LogP contribution in [0.3, 0.4) is 0 Å². The molecule has 3 rings (SSSR count). The first-order chi connectivity index (χ1) is 13.8. The maximum Gasteiger partial charge on any atom is 0.322 e. The second-order valence-corrected chi connectivity index (χ2v) is 10.9. The lowest BCUT2D eigenvalue weighted by atomic mass is 9.77. The Hall–Kier alpha value is -2.01. The summed E-state index contributed by atoms with van der Waals surface area (Å²) in [6.07, 6.45) is 5.47. The van der Waals surface area contributed by atoms with Crippen molar-refractivity contribution in [2.45, 2.75) is 72.3 Å². The highest BCUT2D eigenvalue weighted by Crippen LogP contribution is 2.55. The Bertz CT molecular complexity index is 885. The molecule has 164 valence electrons. The van der Waals surface area contributed by atoms with Crippen LogP contribution in [-0.2, 0) is 16.8 Å². The third-order valence-electron chi connectivity index (χ3n) is 6.44. The summed E-state index contributed by atoms with van der Waals surface area (Å²) in [5.41, 5.74) is 2.77. The van der Waals surface area contributed by atoms with Crippen LogP contribution >= 0.6 is 11.6 Å². The van der Waals surface area contributed by atoms with Crippen molar-refractivity contribution in [2.24, 2.45) is 10.8 Å². The van der Waals surface area contributed by atoms with Crippen molar-refractivity contribution in [3.63, 3.8) is 0 Å². The van der Waals surface area contributed by atoms with Gasteiger partial charge >= 0.3 is 12.0 Å². The Morgan fingerprint density at radius 2 is 1.97 bits per heavy atom. The first kappa shape index (κ1) is 22.7. The van der Waals surface area contributed by atoms with E-state index in [4.69, 9.17) is 16.7 Å². The van der Waals surface area contributed by atoms with Crippen LogP contribution in [0.15, 0.2) is 30.0 Å². The standard InChI is InChI=1S/C24H33ClN2O3/c1-22(2,3)10-8-16-6-7-17(14-18(16)25)24-12-11-23(4,5)19(24)15-27(21(30)26-24)13-9-20(28)29/h6-7,14-15H,8-13H2,1-5H3,(H,26,30)(H,28,29). The lowest BCUT2D eigenvalue weighted by molar-refractivity contribution is -0.137. The number of carbonyl (C=O) groups excluding carboxylic acids is 1. The Morgan fingerprint density at radius 1 is 1.27 bits per heavy atom. The molecule has 0 spiro atoms. The van der Waals surface area contributed by atoms with Gasteiger partial charge in [0.1, 0.15) is 0 Å². The molecule has 2 aliphatic rings. The zero-order valence-corrected chi connectivity index (χ0v) is 19.4. The van der Waals surface area contributed by atoms with Crippen LogP contribution in [-0.4, -0.2) is 28.6 Å². The number of halogens is 1. The van der Waals surface area contributed by atoms with E-state index in [9.17, 15) is 9.59 Å². The molecular formula is C24H33ClN2O3. The van der Waals surface area contributed by atoms with Gasteiger partial charge in [-0.2, -0.15) is 0 Å². The number of rotatable bonds is 6. The second kappa shape index (κ2) is 7.92. The van der Waals surface area contributed by atoms with Gasteiger partial charge in [-0.3, -0.25) is 4.79 Å². The normalized spacial score (nSPS) is 23.1. The number of carbonyl (C=O) groups is 2. The van der Waals surface area contributed by atoms with Crippen LogP contribution in [0.2, 0.25) is 5.02 Å². The van der Waals surface area contributed by atoms with Gasteiger partial charge in [0.05, 0.1) is 12.0 Å². The molecule has 1 heterocycles. The van der Waals surface area contributed by atoms with E-state index in [0.717, 1.165) is 47.4 Å². The van der Waals surface area contributed by atoms with Gasteiger partial charge in [-0.1, -0.05) is 58.4 Å². The predicted octanol–water partition coefficient (Wildman–Crippen LogP) is 5.72. The van der Waals surface area contributed by atoms with Crippen molar-refractivity contribution in [3.8, 4) is 0 Å².